The second-order valence-electron chi connectivity index (χ2n) is 29.4. The van der Waals surface area contributed by atoms with Crippen LogP contribution < -0.4 is 11.5 Å². The van der Waals surface area contributed by atoms with Crippen LogP contribution >= 0.6 is 23.5 Å². The Morgan fingerprint density at radius 1 is 0.398 bits per heavy atom. The Balaban J connectivity index is -0.000000573. The summed E-state index contributed by atoms with van der Waals surface area (Å²) < 4.78 is 0. The third-order valence-corrected chi connectivity index (χ3v) is 18.6. The number of Topliss-reactive ketones (excluding diaryl/α,β-unsaturated/α-hetero) is 9. The van der Waals surface area contributed by atoms with Gasteiger partial charge in [-0.3, -0.25) is 72.6 Å². The minimum atomic E-state index is -0.615. The third-order valence-electron chi connectivity index (χ3n) is 16.2. The number of aliphatic imine (C=N–C) groups is 3. The molecule has 1 rings (SSSR count). The van der Waals surface area contributed by atoms with E-state index in [1.165, 1.54) is 60.5 Å². The van der Waals surface area contributed by atoms with Crippen LogP contribution in [-0.4, -0.2) is 148 Å². The highest BCUT2D eigenvalue weighted by Gasteiger charge is 2.39. The molecule has 98 heavy (non-hydrogen) atoms. The number of likely N-dealkylation sites (tertiary alicyclic amines) is 1. The first-order valence-corrected chi connectivity index (χ1v) is 39.9. The number of rotatable bonds is 53. The van der Waals surface area contributed by atoms with Gasteiger partial charge >= 0.3 is 0 Å². The van der Waals surface area contributed by atoms with Gasteiger partial charge in [0.2, 0.25) is 11.8 Å². The van der Waals surface area contributed by atoms with E-state index in [-0.39, 0.29) is 101 Å². The van der Waals surface area contributed by atoms with E-state index in [0.29, 0.717) is 77.8 Å². The Labute approximate surface area is 605 Å². The summed E-state index contributed by atoms with van der Waals surface area (Å²) in [6.07, 6.45) is 28.8. The van der Waals surface area contributed by atoms with Gasteiger partial charge in [0, 0.05) is 136 Å². The van der Waals surface area contributed by atoms with Gasteiger partial charge < -0.3 is 11.5 Å². The Hall–Kier alpha value is -4.20. The van der Waals surface area contributed by atoms with Crippen molar-refractivity contribution in [1.82, 2.24) is 4.90 Å². The first kappa shape index (κ1) is 100. The van der Waals surface area contributed by atoms with Crippen LogP contribution in [0.5, 0.6) is 0 Å². The van der Waals surface area contributed by atoms with Crippen molar-refractivity contribution in [2.45, 2.75) is 316 Å². The lowest BCUT2D eigenvalue weighted by atomic mass is 10.0. The van der Waals surface area contributed by atoms with Crippen molar-refractivity contribution in [1.29, 1.82) is 0 Å². The average molecular weight is 1420 g/mol. The second-order valence-corrected chi connectivity index (χ2v) is 31.7. The number of ketones is 9. The molecule has 0 aromatic rings. The lowest BCUT2D eigenvalue weighted by Crippen LogP contribution is -2.37. The van der Waals surface area contributed by atoms with E-state index >= 15 is 0 Å². The maximum atomic E-state index is 12.3. The van der Waals surface area contributed by atoms with E-state index in [4.69, 9.17) is 11.5 Å². The third kappa shape index (κ3) is 59.5. The number of carbonyl (C=O) groups excluding carboxylic acids is 11. The zero-order chi connectivity index (χ0) is 75.7. The topological polar surface area (TPSA) is 280 Å². The highest BCUT2D eigenvalue weighted by molar-refractivity contribution is 8.00. The van der Waals surface area contributed by atoms with Gasteiger partial charge in [-0.1, -0.05) is 183 Å². The summed E-state index contributed by atoms with van der Waals surface area (Å²) in [4.78, 5) is 142. The highest BCUT2D eigenvalue weighted by atomic mass is 32.2. The quantitative estimate of drug-likeness (QED) is 0.0325. The molecule has 1 fully saturated rings. The molecule has 0 aromatic carbocycles. The molecule has 0 aliphatic carbocycles. The molecule has 0 saturated carbocycles. The Morgan fingerprint density at radius 3 is 1.14 bits per heavy atom. The molecule has 19 heteroatoms. The van der Waals surface area contributed by atoms with Crippen molar-refractivity contribution in [2.75, 3.05) is 43.4 Å². The molecule has 0 aromatic heterocycles. The molecule has 0 radical (unpaired) electrons. The molecule has 1 aliphatic rings. The van der Waals surface area contributed by atoms with Gasteiger partial charge in [0.25, 0.3) is 0 Å². The maximum absolute atomic E-state index is 12.3. The minimum absolute atomic E-state index is 0.0265. The second kappa shape index (κ2) is 63.7. The number of nitrogens with two attached hydrogens (primary N) is 2. The molecule has 568 valence electrons. The van der Waals surface area contributed by atoms with Crippen LogP contribution in [0.4, 0.5) is 0 Å². The molecule has 0 bridgehead atoms. The molecule has 3 unspecified atom stereocenters. The van der Waals surface area contributed by atoms with Crippen LogP contribution in [-0.2, 0) is 52.7 Å². The van der Waals surface area contributed by atoms with E-state index in [9.17, 15) is 52.7 Å². The summed E-state index contributed by atoms with van der Waals surface area (Å²) in [5.41, 5.74) is 11.5. The van der Waals surface area contributed by atoms with Crippen LogP contribution in [0.1, 0.15) is 299 Å². The Morgan fingerprint density at radius 2 is 0.735 bits per heavy atom. The summed E-state index contributed by atoms with van der Waals surface area (Å²) in [7, 11) is 0. The van der Waals surface area contributed by atoms with E-state index in [2.05, 4.69) is 35.0 Å². The Bertz CT molecular complexity index is 2280. The monoisotopic (exact) mass is 1420 g/mol. The van der Waals surface area contributed by atoms with Crippen molar-refractivity contribution in [3.8, 4) is 0 Å². The van der Waals surface area contributed by atoms with Crippen molar-refractivity contribution in [2.24, 2.45) is 85.6 Å². The van der Waals surface area contributed by atoms with Gasteiger partial charge in [-0.05, 0) is 95.2 Å². The molecule has 1 aliphatic heterocycles. The number of unbranched alkanes of at least 4 members (excludes halogenated alkanes) is 12. The zero-order valence-corrected chi connectivity index (χ0v) is 67.2. The molecule has 17 nitrogen and oxygen atoms in total. The van der Waals surface area contributed by atoms with Crippen LogP contribution in [0.25, 0.3) is 0 Å². The van der Waals surface area contributed by atoms with E-state index < -0.39 is 17.3 Å². The summed E-state index contributed by atoms with van der Waals surface area (Å²) in [5, 5.41) is -0.468. The number of amides is 2. The molecule has 3 atom stereocenters. The number of thioether (sulfide) groups is 2. The molecule has 1 heterocycles. The summed E-state index contributed by atoms with van der Waals surface area (Å²) >= 11 is 2.72. The van der Waals surface area contributed by atoms with Crippen molar-refractivity contribution >= 4 is 106 Å². The molecular formula is C79H144N6O11S2. The van der Waals surface area contributed by atoms with E-state index in [1.807, 2.05) is 123 Å². The fourth-order valence-electron chi connectivity index (χ4n) is 8.95. The minimum Gasteiger partial charge on any atom is -0.321 e. The standard InChI is InChI=1S/C21H39NO2.C18H33NO2.C17H28N2O4S.C12H23NO.C11H21NO2S/c1-18(2)20(23)14-10-6-5-8-12-16-22-17-13-9-7-11-15-21(24)19(3)4;1-15(2)17(20)11-8-6-5-7-9-13-19-14-10-12-18(21)16(3)4;1-10(2)13(20)6-5-7-19-15(21)8-14(17(19)23)24-9-12(18)16(22)11(3)4;1-10(2)9-13-8-6-5-7-12(14)11(3)4;1-7(2)10(13)6-15-5-9(12)11(14)8(3)4/h16,18-19H,5-15,17H2,1-4H3;14-16H,5-13H2,1-4H3;10-12,14H,5-9,18H2,1-4H3;8,10-11H,5-7,9H2,1-4H3;7-9H,5-6,12H2,1-4H3. The molecule has 0 spiro atoms. The van der Waals surface area contributed by atoms with Crippen molar-refractivity contribution in [3.05, 3.63) is 0 Å². The fraction of sp³-hybridized carbons (Fsp3) is 0.823. The molecule has 4 N–H and O–H groups in total. The molecule has 1 saturated heterocycles. The largest absolute Gasteiger partial charge is 0.321 e. The van der Waals surface area contributed by atoms with Crippen LogP contribution in [0.3, 0.4) is 0 Å². The average Bonchev–Trinajstić information content (AvgIpc) is 1.69. The van der Waals surface area contributed by atoms with Crippen LogP contribution in [0.15, 0.2) is 15.0 Å². The Kier molecular flexibility index (Phi) is 65.1. The maximum Gasteiger partial charge on any atom is 0.242 e. The first-order valence-electron chi connectivity index (χ1n) is 37.7. The van der Waals surface area contributed by atoms with Crippen LogP contribution in [0, 0.1) is 59.2 Å². The van der Waals surface area contributed by atoms with Gasteiger partial charge in [0.15, 0.2) is 11.6 Å². The smallest absolute Gasteiger partial charge is 0.242 e. The number of hydrogen-bond donors (Lipinski definition) is 2. The lowest BCUT2D eigenvalue weighted by molar-refractivity contribution is -0.139. The van der Waals surface area contributed by atoms with Gasteiger partial charge in [0.05, 0.1) is 23.1 Å². The fourth-order valence-corrected chi connectivity index (χ4v) is 11.2. The highest BCUT2D eigenvalue weighted by Crippen LogP contribution is 2.27. The van der Waals surface area contributed by atoms with Crippen molar-refractivity contribution < 1.29 is 52.7 Å². The van der Waals surface area contributed by atoms with E-state index in [0.717, 1.165) is 116 Å². The lowest BCUT2D eigenvalue weighted by Gasteiger charge is -2.16. The molecular weight excluding hydrogens is 1270 g/mol. The number of carbonyl (C=O) groups is 11. The van der Waals surface area contributed by atoms with Gasteiger partial charge in [0.1, 0.15) is 40.5 Å². The van der Waals surface area contributed by atoms with Crippen LogP contribution in [0.2, 0.25) is 0 Å². The number of imide groups is 1. The predicted molar refractivity (Wildman–Crippen MR) is 415 cm³/mol. The van der Waals surface area contributed by atoms with Gasteiger partial charge in [-0.15, -0.1) is 11.8 Å². The first-order chi connectivity index (χ1) is 45.9. The summed E-state index contributed by atoms with van der Waals surface area (Å²) in [6, 6.07) is -1.05. The summed E-state index contributed by atoms with van der Waals surface area (Å²) in [5.74, 6) is 4.49. The molecule has 2 amide bonds. The van der Waals surface area contributed by atoms with E-state index in [1.54, 1.807) is 13.8 Å². The van der Waals surface area contributed by atoms with Gasteiger partial charge in [-0.25, -0.2) is 0 Å². The number of nitrogens with zero attached hydrogens (tertiary/aromatic N) is 4. The van der Waals surface area contributed by atoms with Gasteiger partial charge in [-0.2, -0.15) is 11.8 Å². The SMILES string of the molecule is CC(C)C(=O)CCC=NCCCCCCCC(=O)C(C)C.CC(C)C(=O)CCCCCCC=NCCCCCCC(=O)C(C)C.CC(C)C(=O)CCCN1C(=O)CC(SCC(N)C(=O)C(C)C)C1=O.CC(C)C(=O)CSCC(N)C(=O)C(C)C.CC(C)CN=CCCCC(=O)C(C)C. The van der Waals surface area contributed by atoms with Crippen molar-refractivity contribution in [3.63, 3.8) is 0 Å². The normalized spacial score (nSPS) is 13.9. The predicted octanol–water partition coefficient (Wildman–Crippen LogP) is 16.4. The number of hydrogen-bond acceptors (Lipinski definition) is 18. The zero-order valence-electron chi connectivity index (χ0n) is 65.6. The summed E-state index contributed by atoms with van der Waals surface area (Å²) in [6.45, 7) is 41.6.